The Balaban J connectivity index is 2.23. The average molecular weight is 338 g/mol. The zero-order valence-electron chi connectivity index (χ0n) is 14.4. The first kappa shape index (κ1) is 17.9. The van der Waals surface area contributed by atoms with E-state index in [0.717, 1.165) is 18.2 Å². The Morgan fingerprint density at radius 2 is 2.09 bits per heavy atom. The van der Waals surface area contributed by atoms with Gasteiger partial charge in [0.25, 0.3) is 0 Å². The van der Waals surface area contributed by atoms with Crippen LogP contribution in [0.4, 0.5) is 9.18 Å². The zero-order chi connectivity index (χ0) is 17.2. The van der Waals surface area contributed by atoms with E-state index >= 15 is 0 Å². The molecule has 0 radical (unpaired) electrons. The first-order valence-electron chi connectivity index (χ1n) is 8.11. The molecular formula is C17H27FN2O2Si. The Morgan fingerprint density at radius 3 is 2.65 bits per heavy atom. The number of benzene rings is 1. The van der Waals surface area contributed by atoms with Gasteiger partial charge >= 0.3 is 6.09 Å². The molecule has 4 nitrogen and oxygen atoms in total. The van der Waals surface area contributed by atoms with Gasteiger partial charge in [-0.1, -0.05) is 31.8 Å². The average Bonchev–Trinajstić information content (AvgIpc) is 2.79. The summed E-state index contributed by atoms with van der Waals surface area (Å²) in [5.41, 5.74) is 0.888. The molecule has 1 amide bonds. The molecule has 0 aromatic heterocycles. The van der Waals surface area contributed by atoms with Crippen LogP contribution >= 0.6 is 0 Å². The van der Waals surface area contributed by atoms with Crippen LogP contribution in [0.1, 0.15) is 11.5 Å². The lowest BCUT2D eigenvalue weighted by Gasteiger charge is -2.32. The minimum absolute atomic E-state index is 0.0217. The zero-order valence-corrected chi connectivity index (χ0v) is 15.4. The largest absolute Gasteiger partial charge is 0.465 e. The molecule has 1 aliphatic rings. The second kappa shape index (κ2) is 7.01. The van der Waals surface area contributed by atoms with Crippen LogP contribution in [0.25, 0.3) is 0 Å². The summed E-state index contributed by atoms with van der Waals surface area (Å²) in [6.07, 6.45) is -0.870. The quantitative estimate of drug-likeness (QED) is 0.835. The van der Waals surface area contributed by atoms with Crippen LogP contribution in [0.15, 0.2) is 24.3 Å². The van der Waals surface area contributed by atoms with Gasteiger partial charge in [-0.3, -0.25) is 0 Å². The van der Waals surface area contributed by atoms with Crippen molar-refractivity contribution in [1.82, 2.24) is 9.80 Å². The number of halogens is 1. The second-order valence-electron chi connectivity index (χ2n) is 7.74. The highest BCUT2D eigenvalue weighted by Gasteiger charge is 2.38. The van der Waals surface area contributed by atoms with E-state index in [1.165, 1.54) is 12.1 Å². The molecule has 0 saturated carbocycles. The van der Waals surface area contributed by atoms with Gasteiger partial charge in [0.05, 0.1) is 6.04 Å². The standard InChI is InChI=1S/C17H27FN2O2Si/c1-19-11-15(13-6-5-7-14(18)10-13)16(12-19)20(17(21)22)8-9-23(2,3)4/h5-7,10,15-16H,8-9,11-12H2,1-4H3,(H,21,22). The van der Waals surface area contributed by atoms with Crippen molar-refractivity contribution in [2.75, 3.05) is 26.7 Å². The molecule has 1 saturated heterocycles. The van der Waals surface area contributed by atoms with E-state index in [0.29, 0.717) is 13.1 Å². The van der Waals surface area contributed by atoms with E-state index in [1.54, 1.807) is 11.0 Å². The Kier molecular flexibility index (Phi) is 5.47. The van der Waals surface area contributed by atoms with Gasteiger partial charge in [-0.25, -0.2) is 9.18 Å². The molecule has 1 N–H and O–H groups in total. The summed E-state index contributed by atoms with van der Waals surface area (Å²) < 4.78 is 13.6. The van der Waals surface area contributed by atoms with Crippen LogP contribution in [0.2, 0.25) is 25.7 Å². The summed E-state index contributed by atoms with van der Waals surface area (Å²) in [7, 11) is 0.668. The van der Waals surface area contributed by atoms with E-state index in [9.17, 15) is 14.3 Å². The Morgan fingerprint density at radius 1 is 1.39 bits per heavy atom. The van der Waals surface area contributed by atoms with Gasteiger partial charge in [0, 0.05) is 33.6 Å². The number of hydrogen-bond donors (Lipinski definition) is 1. The molecule has 6 heteroatoms. The number of rotatable bonds is 5. The molecule has 2 atom stereocenters. The fourth-order valence-electron chi connectivity index (χ4n) is 3.22. The Labute approximate surface area is 138 Å². The van der Waals surface area contributed by atoms with Crippen LogP contribution in [0.5, 0.6) is 0 Å². The van der Waals surface area contributed by atoms with Crippen molar-refractivity contribution in [2.45, 2.75) is 37.6 Å². The molecule has 1 aromatic rings. The van der Waals surface area contributed by atoms with Crippen molar-refractivity contribution < 1.29 is 14.3 Å². The molecule has 1 fully saturated rings. The lowest BCUT2D eigenvalue weighted by Crippen LogP contribution is -2.45. The van der Waals surface area contributed by atoms with Gasteiger partial charge in [0.15, 0.2) is 0 Å². The highest BCUT2D eigenvalue weighted by Crippen LogP contribution is 2.31. The third-order valence-corrected chi connectivity index (χ3v) is 6.22. The number of amides is 1. The van der Waals surface area contributed by atoms with Crippen molar-refractivity contribution in [2.24, 2.45) is 0 Å². The minimum atomic E-state index is -1.32. The van der Waals surface area contributed by atoms with E-state index in [-0.39, 0.29) is 17.8 Å². The molecule has 1 aromatic carbocycles. The van der Waals surface area contributed by atoms with E-state index in [4.69, 9.17) is 0 Å². The molecule has 23 heavy (non-hydrogen) atoms. The van der Waals surface area contributed by atoms with Gasteiger partial charge < -0.3 is 14.9 Å². The van der Waals surface area contributed by atoms with Gasteiger partial charge in [-0.05, 0) is 30.8 Å². The summed E-state index contributed by atoms with van der Waals surface area (Å²) in [4.78, 5) is 15.5. The normalized spacial score (nSPS) is 22.3. The van der Waals surface area contributed by atoms with Crippen molar-refractivity contribution in [3.05, 3.63) is 35.6 Å². The van der Waals surface area contributed by atoms with Gasteiger partial charge in [-0.15, -0.1) is 0 Å². The fourth-order valence-corrected chi connectivity index (χ4v) is 4.13. The van der Waals surface area contributed by atoms with Crippen LogP contribution < -0.4 is 0 Å². The van der Waals surface area contributed by atoms with Crippen molar-refractivity contribution >= 4 is 14.2 Å². The van der Waals surface area contributed by atoms with Crippen LogP contribution in [-0.2, 0) is 0 Å². The number of nitrogens with zero attached hydrogens (tertiary/aromatic N) is 2. The molecule has 2 rings (SSSR count). The third kappa shape index (κ3) is 4.78. The van der Waals surface area contributed by atoms with Gasteiger partial charge in [-0.2, -0.15) is 0 Å². The lowest BCUT2D eigenvalue weighted by atomic mass is 9.93. The predicted molar refractivity (Wildman–Crippen MR) is 93.3 cm³/mol. The number of likely N-dealkylation sites (N-methyl/N-ethyl adjacent to an activating group) is 1. The highest BCUT2D eigenvalue weighted by molar-refractivity contribution is 6.76. The molecule has 0 aliphatic carbocycles. The predicted octanol–water partition coefficient (Wildman–Crippen LogP) is 3.54. The topological polar surface area (TPSA) is 43.8 Å². The van der Waals surface area contributed by atoms with Crippen LogP contribution in [0, 0.1) is 5.82 Å². The van der Waals surface area contributed by atoms with E-state index in [2.05, 4.69) is 24.5 Å². The van der Waals surface area contributed by atoms with Gasteiger partial charge in [0.1, 0.15) is 5.82 Å². The van der Waals surface area contributed by atoms with Crippen molar-refractivity contribution in [3.8, 4) is 0 Å². The third-order valence-electron chi connectivity index (χ3n) is 4.50. The maximum atomic E-state index is 13.6. The maximum Gasteiger partial charge on any atom is 0.407 e. The number of likely N-dealkylation sites (tertiary alicyclic amines) is 1. The second-order valence-corrected chi connectivity index (χ2v) is 13.4. The molecule has 0 spiro atoms. The lowest BCUT2D eigenvalue weighted by molar-refractivity contribution is 0.125. The maximum absolute atomic E-state index is 13.6. The van der Waals surface area contributed by atoms with Gasteiger partial charge in [0.2, 0.25) is 0 Å². The molecular weight excluding hydrogens is 311 g/mol. The Hall–Kier alpha value is -1.40. The molecule has 1 aliphatic heterocycles. The summed E-state index contributed by atoms with van der Waals surface area (Å²) in [6, 6.07) is 7.39. The Bertz CT molecular complexity index is 562. The minimum Gasteiger partial charge on any atom is -0.465 e. The first-order chi connectivity index (χ1) is 10.7. The molecule has 0 bridgehead atoms. The van der Waals surface area contributed by atoms with Crippen LogP contribution in [0.3, 0.4) is 0 Å². The summed E-state index contributed by atoms with van der Waals surface area (Å²) in [5, 5.41) is 9.68. The molecule has 2 unspecified atom stereocenters. The summed E-state index contributed by atoms with van der Waals surface area (Å²) in [6.45, 7) is 8.76. The molecule has 1 heterocycles. The van der Waals surface area contributed by atoms with E-state index < -0.39 is 14.2 Å². The van der Waals surface area contributed by atoms with Crippen LogP contribution in [-0.4, -0.2) is 61.8 Å². The first-order valence-corrected chi connectivity index (χ1v) is 11.8. The van der Waals surface area contributed by atoms with E-state index in [1.807, 2.05) is 13.1 Å². The highest BCUT2D eigenvalue weighted by atomic mass is 28.3. The summed E-state index contributed by atoms with van der Waals surface area (Å²) >= 11 is 0. The number of hydrogen-bond acceptors (Lipinski definition) is 2. The molecule has 128 valence electrons. The smallest absolute Gasteiger partial charge is 0.407 e. The monoisotopic (exact) mass is 338 g/mol. The van der Waals surface area contributed by atoms with Crippen molar-refractivity contribution in [3.63, 3.8) is 0 Å². The fraction of sp³-hybridized carbons (Fsp3) is 0.588. The summed E-state index contributed by atoms with van der Waals surface area (Å²) in [5.74, 6) is -0.242. The number of carboxylic acid groups (broad SMARTS) is 1. The number of carbonyl (C=O) groups is 1. The van der Waals surface area contributed by atoms with Crippen molar-refractivity contribution in [1.29, 1.82) is 0 Å². The SMILES string of the molecule is CN1CC(c2cccc(F)c2)C(N(CC[Si](C)(C)C)C(=O)O)C1.